The minimum atomic E-state index is -1.04. The van der Waals surface area contributed by atoms with Crippen molar-refractivity contribution in [3.8, 4) is 12.3 Å². The predicted molar refractivity (Wildman–Crippen MR) is 51.6 cm³/mol. The molecule has 3 nitrogen and oxygen atoms in total. The molecule has 14 heavy (non-hydrogen) atoms. The zero-order chi connectivity index (χ0) is 10.6. The van der Waals surface area contributed by atoms with Gasteiger partial charge < -0.3 is 10.2 Å². The van der Waals surface area contributed by atoms with Gasteiger partial charge in [-0.25, -0.2) is 0 Å². The molecule has 0 aliphatic rings. The zero-order valence-electron chi connectivity index (χ0n) is 7.47. The first kappa shape index (κ1) is 10.3. The number of carboxylic acid groups (broad SMARTS) is 1. The lowest BCUT2D eigenvalue weighted by molar-refractivity contribution is -0.139. The highest BCUT2D eigenvalue weighted by molar-refractivity contribution is 5.67. The summed E-state index contributed by atoms with van der Waals surface area (Å²) >= 11 is 0. The van der Waals surface area contributed by atoms with E-state index in [0.29, 0.717) is 11.1 Å². The van der Waals surface area contributed by atoms with Crippen LogP contribution in [0.15, 0.2) is 24.3 Å². The Balaban J connectivity index is 2.85. The fraction of sp³-hybridized carbons (Fsp3) is 0.182. The second-order valence-corrected chi connectivity index (χ2v) is 2.88. The fourth-order valence-corrected chi connectivity index (χ4v) is 1.12. The molecule has 0 saturated heterocycles. The van der Waals surface area contributed by atoms with Crippen molar-refractivity contribution in [2.24, 2.45) is 0 Å². The van der Waals surface area contributed by atoms with E-state index in [-0.39, 0.29) is 6.42 Å². The van der Waals surface area contributed by atoms with Crippen LogP contribution in [0.25, 0.3) is 0 Å². The van der Waals surface area contributed by atoms with E-state index >= 15 is 0 Å². The number of benzene rings is 1. The molecule has 1 aromatic rings. The van der Waals surface area contributed by atoms with Gasteiger partial charge in [0.2, 0.25) is 0 Å². The van der Waals surface area contributed by atoms with Gasteiger partial charge in [0, 0.05) is 5.56 Å². The molecule has 1 rings (SSSR count). The standard InChI is InChI=1S/C11H10O3/c1-2-8-4-3-5-9(6-8)10(12)7-11(13)14/h1,3-6,10,12H,7H2,(H,13,14)/t10-/m1/s1. The minimum absolute atomic E-state index is 0.311. The summed E-state index contributed by atoms with van der Waals surface area (Å²) in [5, 5.41) is 17.9. The Hall–Kier alpha value is -1.79. The van der Waals surface area contributed by atoms with Crippen molar-refractivity contribution in [2.75, 3.05) is 0 Å². The summed E-state index contributed by atoms with van der Waals surface area (Å²) in [6.45, 7) is 0. The second kappa shape index (κ2) is 4.45. The summed E-state index contributed by atoms with van der Waals surface area (Å²) in [6.07, 6.45) is 3.86. The number of terminal acetylenes is 1. The Morgan fingerprint density at radius 3 is 2.86 bits per heavy atom. The molecule has 0 bridgehead atoms. The highest BCUT2D eigenvalue weighted by Crippen LogP contribution is 2.17. The normalized spacial score (nSPS) is 11.7. The topological polar surface area (TPSA) is 57.5 Å². The van der Waals surface area contributed by atoms with E-state index in [4.69, 9.17) is 11.5 Å². The number of aliphatic hydroxyl groups is 1. The van der Waals surface area contributed by atoms with E-state index in [9.17, 15) is 9.90 Å². The molecule has 1 atom stereocenters. The van der Waals surface area contributed by atoms with Crippen molar-refractivity contribution < 1.29 is 15.0 Å². The van der Waals surface area contributed by atoms with Crippen molar-refractivity contribution in [1.29, 1.82) is 0 Å². The van der Waals surface area contributed by atoms with Gasteiger partial charge in [0.25, 0.3) is 0 Å². The van der Waals surface area contributed by atoms with Gasteiger partial charge in [0.05, 0.1) is 12.5 Å². The van der Waals surface area contributed by atoms with Gasteiger partial charge in [0.1, 0.15) is 0 Å². The molecule has 2 N–H and O–H groups in total. The average molecular weight is 190 g/mol. The molecule has 0 aromatic heterocycles. The van der Waals surface area contributed by atoms with Crippen LogP contribution in [0.1, 0.15) is 23.7 Å². The molecule has 72 valence electrons. The molecule has 0 aliphatic carbocycles. The van der Waals surface area contributed by atoms with E-state index in [2.05, 4.69) is 5.92 Å². The van der Waals surface area contributed by atoms with Crippen molar-refractivity contribution >= 4 is 5.97 Å². The molecule has 3 heteroatoms. The third-order valence-electron chi connectivity index (χ3n) is 1.81. The summed E-state index contributed by atoms with van der Waals surface area (Å²) in [6, 6.07) is 6.66. The quantitative estimate of drug-likeness (QED) is 0.703. The third-order valence-corrected chi connectivity index (χ3v) is 1.81. The molecule has 0 unspecified atom stereocenters. The van der Waals surface area contributed by atoms with Gasteiger partial charge in [-0.15, -0.1) is 6.42 Å². The predicted octanol–water partition coefficient (Wildman–Crippen LogP) is 1.18. The Morgan fingerprint density at radius 2 is 2.29 bits per heavy atom. The maximum Gasteiger partial charge on any atom is 0.306 e. The zero-order valence-corrected chi connectivity index (χ0v) is 7.47. The number of carbonyl (C=O) groups is 1. The van der Waals surface area contributed by atoms with Crippen molar-refractivity contribution in [3.05, 3.63) is 35.4 Å². The Kier molecular flexibility index (Phi) is 3.27. The molecule has 1 aromatic carbocycles. The number of carboxylic acids is 1. The highest BCUT2D eigenvalue weighted by atomic mass is 16.4. The molecule has 0 fully saturated rings. The van der Waals surface area contributed by atoms with Gasteiger partial charge in [-0.1, -0.05) is 18.1 Å². The summed E-state index contributed by atoms with van der Waals surface area (Å²) in [4.78, 5) is 10.3. The van der Waals surface area contributed by atoms with E-state index in [0.717, 1.165) is 0 Å². The number of hydrogen-bond acceptors (Lipinski definition) is 2. The third kappa shape index (κ3) is 2.61. The lowest BCUT2D eigenvalue weighted by Gasteiger charge is -2.07. The highest BCUT2D eigenvalue weighted by Gasteiger charge is 2.11. The molecule has 0 saturated carbocycles. The van der Waals surface area contributed by atoms with Gasteiger partial charge in [0.15, 0.2) is 0 Å². The largest absolute Gasteiger partial charge is 0.481 e. The van der Waals surface area contributed by atoms with Crippen LogP contribution in [0.3, 0.4) is 0 Å². The summed E-state index contributed by atoms with van der Waals surface area (Å²) < 4.78 is 0. The monoisotopic (exact) mass is 190 g/mol. The molecule has 0 spiro atoms. The maximum absolute atomic E-state index is 10.3. The van der Waals surface area contributed by atoms with Crippen LogP contribution < -0.4 is 0 Å². The van der Waals surface area contributed by atoms with Crippen LogP contribution in [0.4, 0.5) is 0 Å². The Labute approximate surface area is 82.0 Å². The molecule has 0 radical (unpaired) electrons. The molecule has 0 heterocycles. The Bertz CT molecular complexity index is 376. The number of hydrogen-bond donors (Lipinski definition) is 2. The van der Waals surface area contributed by atoms with E-state index < -0.39 is 12.1 Å². The second-order valence-electron chi connectivity index (χ2n) is 2.88. The van der Waals surface area contributed by atoms with Crippen molar-refractivity contribution in [2.45, 2.75) is 12.5 Å². The van der Waals surface area contributed by atoms with Crippen LogP contribution >= 0.6 is 0 Å². The smallest absolute Gasteiger partial charge is 0.306 e. The number of rotatable bonds is 3. The fourth-order valence-electron chi connectivity index (χ4n) is 1.12. The van der Waals surface area contributed by atoms with Gasteiger partial charge in [-0.2, -0.15) is 0 Å². The molecule has 0 aliphatic heterocycles. The summed E-state index contributed by atoms with van der Waals surface area (Å²) in [5.41, 5.74) is 1.16. The van der Waals surface area contributed by atoms with Gasteiger partial charge in [-0.05, 0) is 17.7 Å². The lowest BCUT2D eigenvalue weighted by Crippen LogP contribution is -2.05. The van der Waals surface area contributed by atoms with Crippen LogP contribution in [-0.4, -0.2) is 16.2 Å². The summed E-state index contributed by atoms with van der Waals surface area (Å²) in [7, 11) is 0. The van der Waals surface area contributed by atoms with Crippen molar-refractivity contribution in [1.82, 2.24) is 0 Å². The SMILES string of the molecule is C#Cc1cccc([C@H](O)CC(=O)O)c1. The molecular formula is C11H10O3. The average Bonchev–Trinajstić information content (AvgIpc) is 2.17. The van der Waals surface area contributed by atoms with Crippen LogP contribution in [0.5, 0.6) is 0 Å². The summed E-state index contributed by atoms with van der Waals surface area (Å²) in [5.74, 6) is 1.38. The van der Waals surface area contributed by atoms with E-state index in [1.807, 2.05) is 0 Å². The van der Waals surface area contributed by atoms with Crippen molar-refractivity contribution in [3.63, 3.8) is 0 Å². The van der Waals surface area contributed by atoms with Crippen LogP contribution in [0.2, 0.25) is 0 Å². The lowest BCUT2D eigenvalue weighted by atomic mass is 10.0. The molecule has 0 amide bonds. The Morgan fingerprint density at radius 1 is 1.57 bits per heavy atom. The van der Waals surface area contributed by atoms with E-state index in [1.54, 1.807) is 24.3 Å². The first-order valence-electron chi connectivity index (χ1n) is 4.10. The minimum Gasteiger partial charge on any atom is -0.481 e. The van der Waals surface area contributed by atoms with Gasteiger partial charge in [-0.3, -0.25) is 4.79 Å². The molecular weight excluding hydrogens is 180 g/mol. The number of aliphatic hydroxyl groups excluding tert-OH is 1. The van der Waals surface area contributed by atoms with Crippen LogP contribution in [-0.2, 0) is 4.79 Å². The maximum atomic E-state index is 10.3. The first-order valence-corrected chi connectivity index (χ1v) is 4.10. The van der Waals surface area contributed by atoms with Crippen LogP contribution in [0, 0.1) is 12.3 Å². The van der Waals surface area contributed by atoms with Gasteiger partial charge >= 0.3 is 5.97 Å². The van der Waals surface area contributed by atoms with E-state index in [1.165, 1.54) is 0 Å². The first-order chi connectivity index (χ1) is 6.63. The number of aliphatic carboxylic acids is 1.